The fourth-order valence-electron chi connectivity index (χ4n) is 6.65. The number of hydrogen-bond acceptors (Lipinski definition) is 2. The molecular weight excluding hydrogens is 498 g/mol. The van der Waals surface area contributed by atoms with Gasteiger partial charge in [0.15, 0.2) is 0 Å². The van der Waals surface area contributed by atoms with Crippen molar-refractivity contribution >= 4 is 0 Å². The average Bonchev–Trinajstić information content (AvgIpc) is 2.97. The lowest BCUT2D eigenvalue weighted by Crippen LogP contribution is -2.40. The van der Waals surface area contributed by atoms with Crippen LogP contribution in [-0.4, -0.2) is 17.3 Å². The van der Waals surface area contributed by atoms with E-state index in [9.17, 15) is 5.11 Å². The van der Waals surface area contributed by atoms with Crippen molar-refractivity contribution in [3.63, 3.8) is 0 Å². The van der Waals surface area contributed by atoms with Gasteiger partial charge in [-0.25, -0.2) is 0 Å². The maximum atomic E-state index is 9.59. The number of hydrogen-bond donors (Lipinski definition) is 2. The maximum absolute atomic E-state index is 9.59. The van der Waals surface area contributed by atoms with Crippen LogP contribution in [0.5, 0.6) is 0 Å². The SMILES string of the molecule is CCCCCCCCCCCCCCCCCCC(N)(CCO)CCCCCCCCCCCCCCCCCC. The van der Waals surface area contributed by atoms with Crippen molar-refractivity contribution < 1.29 is 5.11 Å². The Kier molecular flexibility index (Phi) is 34.3. The Balaban J connectivity index is 3.49. The van der Waals surface area contributed by atoms with Crippen LogP contribution in [0.3, 0.4) is 0 Å². The number of aliphatic hydroxyl groups excluding tert-OH is 1. The highest BCUT2D eigenvalue weighted by Gasteiger charge is 2.23. The molecule has 0 aromatic heterocycles. The van der Waals surface area contributed by atoms with Crippen molar-refractivity contribution in [1.82, 2.24) is 0 Å². The van der Waals surface area contributed by atoms with Crippen LogP contribution in [0.4, 0.5) is 0 Å². The van der Waals surface area contributed by atoms with Crippen molar-refractivity contribution in [2.45, 2.75) is 244 Å². The molecule has 0 bridgehead atoms. The van der Waals surface area contributed by atoms with Crippen molar-refractivity contribution in [1.29, 1.82) is 0 Å². The van der Waals surface area contributed by atoms with Crippen LogP contribution < -0.4 is 5.73 Å². The molecule has 0 heterocycles. The zero-order valence-corrected chi connectivity index (χ0v) is 29.0. The van der Waals surface area contributed by atoms with Gasteiger partial charge in [0, 0.05) is 12.1 Å². The van der Waals surface area contributed by atoms with Gasteiger partial charge >= 0.3 is 0 Å². The summed E-state index contributed by atoms with van der Waals surface area (Å²) in [5.41, 5.74) is 6.65. The Bertz CT molecular complexity index is 428. The van der Waals surface area contributed by atoms with Gasteiger partial charge in [0.25, 0.3) is 0 Å². The fourth-order valence-corrected chi connectivity index (χ4v) is 6.65. The second-order valence-corrected chi connectivity index (χ2v) is 13.9. The van der Waals surface area contributed by atoms with Gasteiger partial charge in [0.05, 0.1) is 0 Å². The van der Waals surface area contributed by atoms with E-state index >= 15 is 0 Å². The topological polar surface area (TPSA) is 46.2 Å². The minimum absolute atomic E-state index is 0.124. The summed E-state index contributed by atoms with van der Waals surface area (Å²) < 4.78 is 0. The smallest absolute Gasteiger partial charge is 0.0448 e. The summed E-state index contributed by atoms with van der Waals surface area (Å²) in [6, 6.07) is 0. The molecule has 0 amide bonds. The molecule has 0 unspecified atom stereocenters. The number of unbranched alkanes of at least 4 members (excludes halogenated alkanes) is 30. The summed E-state index contributed by atoms with van der Waals surface area (Å²) in [5.74, 6) is 0. The van der Waals surface area contributed by atoms with Crippen LogP contribution in [0, 0.1) is 0 Å². The average molecular weight is 580 g/mol. The highest BCUT2D eigenvalue weighted by Crippen LogP contribution is 2.24. The number of rotatable bonds is 36. The zero-order chi connectivity index (χ0) is 30.0. The molecule has 0 aromatic rings. The van der Waals surface area contributed by atoms with Crippen LogP contribution in [0.15, 0.2) is 0 Å². The minimum atomic E-state index is -0.124. The number of aliphatic hydroxyl groups is 1. The van der Waals surface area contributed by atoms with Gasteiger partial charge in [-0.3, -0.25) is 0 Å². The van der Waals surface area contributed by atoms with E-state index in [4.69, 9.17) is 5.73 Å². The van der Waals surface area contributed by atoms with Gasteiger partial charge in [0.1, 0.15) is 0 Å². The first-order valence-electron chi connectivity index (χ1n) is 19.6. The lowest BCUT2D eigenvalue weighted by molar-refractivity contribution is 0.216. The molecule has 3 N–H and O–H groups in total. The van der Waals surface area contributed by atoms with Crippen molar-refractivity contribution in [2.75, 3.05) is 6.61 Å². The monoisotopic (exact) mass is 580 g/mol. The Labute approximate surface area is 261 Å². The summed E-state index contributed by atoms with van der Waals surface area (Å²) >= 11 is 0. The molecule has 2 nitrogen and oxygen atoms in total. The largest absolute Gasteiger partial charge is 0.396 e. The van der Waals surface area contributed by atoms with Crippen molar-refractivity contribution in [3.05, 3.63) is 0 Å². The van der Waals surface area contributed by atoms with Crippen LogP contribution in [0.2, 0.25) is 0 Å². The lowest BCUT2D eigenvalue weighted by atomic mass is 9.84. The third kappa shape index (κ3) is 32.7. The lowest BCUT2D eigenvalue weighted by Gasteiger charge is -2.29. The Morgan fingerprint density at radius 2 is 0.512 bits per heavy atom. The van der Waals surface area contributed by atoms with E-state index in [-0.39, 0.29) is 12.1 Å². The predicted molar refractivity (Wildman–Crippen MR) is 187 cm³/mol. The summed E-state index contributed by atoms with van der Waals surface area (Å²) in [7, 11) is 0. The standard InChI is InChI=1S/C39H81NO/c1-3-5-7-9-11-13-15-17-19-21-23-25-27-29-31-33-35-39(40,37-38-41)36-34-32-30-28-26-24-22-20-18-16-14-12-10-8-6-4-2/h41H,3-38,40H2,1-2H3. The maximum Gasteiger partial charge on any atom is 0.0448 e. The zero-order valence-electron chi connectivity index (χ0n) is 29.0. The van der Waals surface area contributed by atoms with Gasteiger partial charge in [-0.05, 0) is 19.3 Å². The molecule has 0 rings (SSSR count). The van der Waals surface area contributed by atoms with Crippen LogP contribution in [-0.2, 0) is 0 Å². The molecule has 0 radical (unpaired) electrons. The molecule has 0 saturated heterocycles. The van der Waals surface area contributed by atoms with E-state index in [2.05, 4.69) is 13.8 Å². The molecule has 0 saturated carbocycles. The van der Waals surface area contributed by atoms with E-state index in [1.807, 2.05) is 0 Å². The van der Waals surface area contributed by atoms with Crippen molar-refractivity contribution in [2.24, 2.45) is 5.73 Å². The van der Waals surface area contributed by atoms with E-state index < -0.39 is 0 Å². The molecular formula is C39H81NO. The minimum Gasteiger partial charge on any atom is -0.396 e. The molecule has 0 fully saturated rings. The van der Waals surface area contributed by atoms with Gasteiger partial charge in [-0.1, -0.05) is 219 Å². The third-order valence-corrected chi connectivity index (χ3v) is 9.67. The molecule has 41 heavy (non-hydrogen) atoms. The summed E-state index contributed by atoms with van der Waals surface area (Å²) in [5, 5.41) is 9.59. The van der Waals surface area contributed by atoms with Crippen molar-refractivity contribution in [3.8, 4) is 0 Å². The first-order chi connectivity index (χ1) is 20.2. The Morgan fingerprint density at radius 1 is 0.317 bits per heavy atom. The summed E-state index contributed by atoms with van der Waals surface area (Å²) in [4.78, 5) is 0. The second kappa shape index (κ2) is 34.4. The fraction of sp³-hybridized carbons (Fsp3) is 1.00. The predicted octanol–water partition coefficient (Wildman–Crippen LogP) is 13.4. The summed E-state index contributed by atoms with van der Waals surface area (Å²) in [6.07, 6.45) is 48.2. The molecule has 0 atom stereocenters. The van der Waals surface area contributed by atoms with Crippen LogP contribution in [0.1, 0.15) is 239 Å². The molecule has 248 valence electrons. The highest BCUT2D eigenvalue weighted by atomic mass is 16.3. The number of nitrogens with two attached hydrogens (primary N) is 1. The first-order valence-corrected chi connectivity index (χ1v) is 19.6. The third-order valence-electron chi connectivity index (χ3n) is 9.67. The molecule has 0 aromatic carbocycles. The van der Waals surface area contributed by atoms with Gasteiger partial charge < -0.3 is 10.8 Å². The quantitative estimate of drug-likeness (QED) is 0.0725. The van der Waals surface area contributed by atoms with Crippen LogP contribution in [0.25, 0.3) is 0 Å². The first kappa shape index (κ1) is 40.9. The van der Waals surface area contributed by atoms with E-state index in [1.165, 1.54) is 205 Å². The molecule has 0 aliphatic heterocycles. The van der Waals surface area contributed by atoms with E-state index in [0.29, 0.717) is 0 Å². The van der Waals surface area contributed by atoms with E-state index in [1.54, 1.807) is 0 Å². The molecule has 2 heteroatoms. The molecule has 0 spiro atoms. The summed E-state index contributed by atoms with van der Waals surface area (Å²) in [6.45, 7) is 4.84. The molecule has 0 aliphatic carbocycles. The Hall–Kier alpha value is -0.0800. The normalized spacial score (nSPS) is 12.0. The highest BCUT2D eigenvalue weighted by molar-refractivity contribution is 4.83. The second-order valence-electron chi connectivity index (χ2n) is 13.9. The van der Waals surface area contributed by atoms with Gasteiger partial charge in [0.2, 0.25) is 0 Å². The Morgan fingerprint density at radius 3 is 0.707 bits per heavy atom. The van der Waals surface area contributed by atoms with Gasteiger partial charge in [-0.15, -0.1) is 0 Å². The molecule has 0 aliphatic rings. The van der Waals surface area contributed by atoms with Gasteiger partial charge in [-0.2, -0.15) is 0 Å². The van der Waals surface area contributed by atoms with E-state index in [0.717, 1.165) is 19.3 Å². The van der Waals surface area contributed by atoms with Crippen LogP contribution >= 0.6 is 0 Å².